The number of aromatic nitrogens is 2. The van der Waals surface area contributed by atoms with E-state index in [1.165, 1.54) is 5.56 Å². The van der Waals surface area contributed by atoms with Crippen molar-refractivity contribution in [2.45, 2.75) is 38.4 Å². The molecule has 2 aromatic carbocycles. The number of carboxylic acids is 1. The van der Waals surface area contributed by atoms with E-state index in [0.717, 1.165) is 59.8 Å². The number of aryl methyl sites for hydroxylation is 2. The van der Waals surface area contributed by atoms with Gasteiger partial charge in [-0.15, -0.1) is 0 Å². The minimum absolute atomic E-state index is 0.146. The van der Waals surface area contributed by atoms with Crippen LogP contribution in [-0.4, -0.2) is 90.2 Å². The van der Waals surface area contributed by atoms with Crippen LogP contribution < -0.4 is 19.5 Å². The molecule has 3 N–H and O–H groups in total. The second-order valence-electron chi connectivity index (χ2n) is 11.3. The Balaban J connectivity index is 0.000000559. The average molecular weight is 660 g/mol. The average Bonchev–Trinajstić information content (AvgIpc) is 3.73. The lowest BCUT2D eigenvalue weighted by atomic mass is 9.84. The number of hydrogen-bond donors (Lipinski definition) is 3. The fourth-order valence-electron chi connectivity index (χ4n) is 6.17. The normalized spacial score (nSPS) is 17.6. The number of hydrogen-bond acceptors (Lipinski definition) is 8. The monoisotopic (exact) mass is 659 g/mol. The molecule has 0 saturated carbocycles. The maximum Gasteiger partial charge on any atom is 0.490 e. The van der Waals surface area contributed by atoms with Gasteiger partial charge in [0.15, 0.2) is 5.76 Å². The third-order valence-electron chi connectivity index (χ3n) is 8.50. The Morgan fingerprint density at radius 2 is 1.72 bits per heavy atom. The van der Waals surface area contributed by atoms with Crippen LogP contribution in [0, 0.1) is 13.8 Å². The molecule has 6 rings (SSSR count). The van der Waals surface area contributed by atoms with Gasteiger partial charge in [-0.2, -0.15) is 13.2 Å². The number of rotatable bonds is 7. The molecule has 1 unspecified atom stereocenters. The van der Waals surface area contributed by atoms with E-state index in [-0.39, 0.29) is 6.03 Å². The van der Waals surface area contributed by atoms with Crippen molar-refractivity contribution in [2.24, 2.45) is 0 Å². The number of carboxylic acid groups (broad SMARTS) is 1. The number of benzene rings is 2. The molecule has 2 aliphatic heterocycles. The highest BCUT2D eigenvalue weighted by Gasteiger charge is 2.51. The number of nitrogens with one attached hydrogen (secondary N) is 2. The van der Waals surface area contributed by atoms with Crippen molar-refractivity contribution in [3.05, 3.63) is 65.2 Å². The molecule has 4 heterocycles. The summed E-state index contributed by atoms with van der Waals surface area (Å²) in [5.74, 6) is 0.268. The van der Waals surface area contributed by atoms with E-state index in [0.29, 0.717) is 36.8 Å². The number of nitrogens with zero attached hydrogens (tertiary/aromatic N) is 3. The number of ether oxygens (including phenoxy) is 3. The number of aliphatic carboxylic acids is 1. The van der Waals surface area contributed by atoms with Gasteiger partial charge in [0.1, 0.15) is 35.2 Å². The minimum atomic E-state index is -5.08. The first-order valence-corrected chi connectivity index (χ1v) is 14.9. The van der Waals surface area contributed by atoms with Crippen molar-refractivity contribution in [1.82, 2.24) is 19.9 Å². The molecule has 4 aromatic rings. The van der Waals surface area contributed by atoms with E-state index < -0.39 is 17.7 Å². The summed E-state index contributed by atoms with van der Waals surface area (Å²) in [6, 6.07) is 13.6. The summed E-state index contributed by atoms with van der Waals surface area (Å²) >= 11 is 0. The maximum atomic E-state index is 13.9. The minimum Gasteiger partial charge on any atom is -0.497 e. The number of methoxy groups -OCH3 is 2. The summed E-state index contributed by atoms with van der Waals surface area (Å²) in [7, 11) is 3.34. The highest BCUT2D eigenvalue weighted by molar-refractivity contribution is 5.93. The van der Waals surface area contributed by atoms with E-state index in [2.05, 4.69) is 32.5 Å². The first-order chi connectivity index (χ1) is 22.4. The molecule has 0 bridgehead atoms. The number of carbonyl (C=O) groups excluding carboxylic acids is 1. The zero-order valence-electron chi connectivity index (χ0n) is 26.4. The van der Waals surface area contributed by atoms with Crippen LogP contribution in [0.15, 0.2) is 47.0 Å². The number of fused-ring (bicyclic) bond motifs is 4. The third kappa shape index (κ3) is 6.94. The van der Waals surface area contributed by atoms with Gasteiger partial charge in [-0.3, -0.25) is 4.90 Å². The van der Waals surface area contributed by atoms with Crippen LogP contribution in [0.5, 0.6) is 17.2 Å². The third-order valence-corrected chi connectivity index (χ3v) is 8.50. The topological polar surface area (TPSA) is 142 Å². The van der Waals surface area contributed by atoms with Crippen LogP contribution in [0.25, 0.3) is 10.9 Å². The second kappa shape index (κ2) is 13.4. The van der Waals surface area contributed by atoms with Crippen LogP contribution >= 0.6 is 0 Å². The van der Waals surface area contributed by atoms with Gasteiger partial charge in [-0.1, -0.05) is 5.16 Å². The number of amides is 2. The first kappa shape index (κ1) is 33.4. The van der Waals surface area contributed by atoms with Crippen molar-refractivity contribution >= 4 is 28.6 Å². The standard InChI is InChI=1S/C30H35N5O5.C2HF3O2/c1-19-27(20(2)40-33-19)32-29(36)35-13-11-24-25-17-23(38-4)9-10-26(25)31-28(24)30(35)12-14-34(18-30)15-16-39-22-7-5-21(37-3)6-8-22;3-2(4,5)1(6)7/h5-10,17,31H,11-16,18H2,1-4H3,(H,32,36);(H,6,7). The van der Waals surface area contributed by atoms with Gasteiger partial charge in [0.25, 0.3) is 0 Å². The molecule has 15 heteroatoms. The number of alkyl halides is 3. The number of urea groups is 1. The van der Waals surface area contributed by atoms with Gasteiger partial charge in [-0.05, 0) is 74.7 Å². The molecule has 12 nitrogen and oxygen atoms in total. The molecular weight excluding hydrogens is 623 g/mol. The van der Waals surface area contributed by atoms with Crippen molar-refractivity contribution in [3.63, 3.8) is 0 Å². The molecule has 2 amide bonds. The lowest BCUT2D eigenvalue weighted by Crippen LogP contribution is -2.56. The summed E-state index contributed by atoms with van der Waals surface area (Å²) in [6.45, 7) is 7.08. The first-order valence-electron chi connectivity index (χ1n) is 14.9. The summed E-state index contributed by atoms with van der Waals surface area (Å²) in [5, 5.41) is 15.4. The van der Waals surface area contributed by atoms with Gasteiger partial charge >= 0.3 is 18.2 Å². The molecule has 1 fully saturated rings. The van der Waals surface area contributed by atoms with Gasteiger partial charge < -0.3 is 39.0 Å². The number of H-pyrrole nitrogens is 1. The molecule has 1 atom stereocenters. The van der Waals surface area contributed by atoms with Crippen molar-refractivity contribution in [3.8, 4) is 17.2 Å². The smallest absolute Gasteiger partial charge is 0.490 e. The van der Waals surface area contributed by atoms with Gasteiger partial charge in [0, 0.05) is 42.8 Å². The molecule has 252 valence electrons. The Morgan fingerprint density at radius 1 is 1.06 bits per heavy atom. The van der Waals surface area contributed by atoms with Crippen LogP contribution in [0.2, 0.25) is 0 Å². The fourth-order valence-corrected chi connectivity index (χ4v) is 6.17. The second-order valence-corrected chi connectivity index (χ2v) is 11.3. The fraction of sp³-hybridized carbons (Fsp3) is 0.406. The van der Waals surface area contributed by atoms with E-state index in [4.69, 9.17) is 28.6 Å². The Hall–Kier alpha value is -4.92. The summed E-state index contributed by atoms with van der Waals surface area (Å²) < 4.78 is 53.8. The van der Waals surface area contributed by atoms with Crippen molar-refractivity contribution < 1.29 is 46.6 Å². The van der Waals surface area contributed by atoms with Crippen LogP contribution in [-0.2, 0) is 16.8 Å². The Bertz CT molecular complexity index is 1720. The Morgan fingerprint density at radius 3 is 2.34 bits per heavy atom. The molecular formula is C32H36F3N5O7. The van der Waals surface area contributed by atoms with Gasteiger partial charge in [0.2, 0.25) is 0 Å². The number of likely N-dealkylation sites (tertiary alicyclic amines) is 1. The summed E-state index contributed by atoms with van der Waals surface area (Å²) in [4.78, 5) is 30.8. The number of carbonyl (C=O) groups is 2. The van der Waals surface area contributed by atoms with E-state index in [1.54, 1.807) is 14.2 Å². The quantitative estimate of drug-likeness (QED) is 0.235. The molecule has 1 spiro atoms. The Kier molecular flexibility index (Phi) is 9.56. The maximum absolute atomic E-state index is 13.9. The van der Waals surface area contributed by atoms with Crippen LogP contribution in [0.4, 0.5) is 23.7 Å². The lowest BCUT2D eigenvalue weighted by Gasteiger charge is -2.44. The molecule has 2 aliphatic rings. The Labute approximate surface area is 268 Å². The lowest BCUT2D eigenvalue weighted by molar-refractivity contribution is -0.192. The van der Waals surface area contributed by atoms with E-state index in [1.807, 2.05) is 49.1 Å². The van der Waals surface area contributed by atoms with Crippen LogP contribution in [0.1, 0.15) is 29.1 Å². The number of anilines is 1. The predicted octanol–water partition coefficient (Wildman–Crippen LogP) is 5.49. The predicted molar refractivity (Wildman–Crippen MR) is 165 cm³/mol. The van der Waals surface area contributed by atoms with Crippen molar-refractivity contribution in [1.29, 1.82) is 0 Å². The number of halogens is 3. The largest absolute Gasteiger partial charge is 0.497 e. The highest BCUT2D eigenvalue weighted by Crippen LogP contribution is 2.45. The van der Waals surface area contributed by atoms with E-state index >= 15 is 0 Å². The summed E-state index contributed by atoms with van der Waals surface area (Å²) in [5.41, 5.74) is 4.21. The summed E-state index contributed by atoms with van der Waals surface area (Å²) in [6.07, 6.45) is -3.53. The zero-order valence-corrected chi connectivity index (χ0v) is 26.4. The molecule has 47 heavy (non-hydrogen) atoms. The van der Waals surface area contributed by atoms with Crippen molar-refractivity contribution in [2.75, 3.05) is 52.3 Å². The molecule has 0 aliphatic carbocycles. The van der Waals surface area contributed by atoms with Gasteiger partial charge in [-0.25, -0.2) is 9.59 Å². The number of aromatic amines is 1. The van der Waals surface area contributed by atoms with Gasteiger partial charge in [0.05, 0.1) is 19.8 Å². The zero-order chi connectivity index (χ0) is 33.9. The van der Waals surface area contributed by atoms with Crippen LogP contribution in [0.3, 0.4) is 0 Å². The van der Waals surface area contributed by atoms with E-state index in [9.17, 15) is 18.0 Å². The molecule has 2 aromatic heterocycles. The molecule has 0 radical (unpaired) electrons. The highest BCUT2D eigenvalue weighted by atomic mass is 19.4. The molecule has 1 saturated heterocycles. The SMILES string of the molecule is COc1ccc(OCCN2CCC3(C2)c2[nH]c4ccc(OC)cc4c2CCN3C(=O)Nc2c(C)noc2C)cc1.O=C(O)C(F)(F)F.